The number of nitrogens with zero attached hydrogens (tertiary/aromatic N) is 2. The fraction of sp³-hybridized carbons (Fsp3) is 0.500. The average Bonchev–Trinajstić information content (AvgIpc) is 2.91. The van der Waals surface area contributed by atoms with Crippen LogP contribution in [-0.4, -0.2) is 9.97 Å². The minimum absolute atomic E-state index is 0.708. The summed E-state index contributed by atoms with van der Waals surface area (Å²) in [4.78, 5) is 11.3. The zero-order chi connectivity index (χ0) is 11.7. The first-order valence-electron chi connectivity index (χ1n) is 5.88. The number of aromatic nitrogens is 2. The molecule has 5 heteroatoms. The predicted molar refractivity (Wildman–Crippen MR) is 73.3 cm³/mol. The van der Waals surface area contributed by atoms with Crippen LogP contribution < -0.4 is 0 Å². The van der Waals surface area contributed by atoms with Gasteiger partial charge in [-0.15, -0.1) is 22.7 Å². The van der Waals surface area contributed by atoms with Crippen LogP contribution in [-0.2, 0) is 25.7 Å². The Hall–Kier alpha value is -0.450. The van der Waals surface area contributed by atoms with Crippen molar-refractivity contribution < 1.29 is 0 Å². The van der Waals surface area contributed by atoms with Gasteiger partial charge in [-0.1, -0.05) is 11.6 Å². The summed E-state index contributed by atoms with van der Waals surface area (Å²) >= 11 is 9.12. The fourth-order valence-corrected chi connectivity index (χ4v) is 4.39. The number of aryl methyl sites for hydroxylation is 4. The van der Waals surface area contributed by atoms with E-state index in [0.717, 1.165) is 6.42 Å². The van der Waals surface area contributed by atoms with E-state index in [1.165, 1.54) is 53.2 Å². The zero-order valence-electron chi connectivity index (χ0n) is 9.41. The van der Waals surface area contributed by atoms with Gasteiger partial charge in [-0.25, -0.2) is 9.97 Å². The standard InChI is InChI=1S/C6H6ClNS.C6H7NS/c7-6-8-4-2-1-3-5(4)9-6;1-2-5-6(3-1)8-4-7-5/h1-3H2;4H,1-3H2. The molecule has 2 heterocycles. The van der Waals surface area contributed by atoms with Crippen molar-refractivity contribution in [2.24, 2.45) is 0 Å². The van der Waals surface area contributed by atoms with Gasteiger partial charge in [0, 0.05) is 9.75 Å². The van der Waals surface area contributed by atoms with Gasteiger partial charge in [-0.05, 0) is 38.5 Å². The molecule has 0 fully saturated rings. The van der Waals surface area contributed by atoms with E-state index in [1.54, 1.807) is 22.7 Å². The molecule has 0 bridgehead atoms. The minimum Gasteiger partial charge on any atom is -0.249 e. The van der Waals surface area contributed by atoms with Crippen molar-refractivity contribution in [1.82, 2.24) is 9.97 Å². The van der Waals surface area contributed by atoms with E-state index in [9.17, 15) is 0 Å². The van der Waals surface area contributed by atoms with Crippen molar-refractivity contribution in [2.75, 3.05) is 0 Å². The molecule has 0 spiro atoms. The molecule has 0 amide bonds. The second-order valence-corrected chi connectivity index (χ2v) is 6.87. The first-order chi connectivity index (χ1) is 8.33. The number of halogens is 1. The third-order valence-electron chi connectivity index (χ3n) is 3.11. The lowest BCUT2D eigenvalue weighted by Crippen LogP contribution is -1.74. The highest BCUT2D eigenvalue weighted by molar-refractivity contribution is 7.15. The van der Waals surface area contributed by atoms with E-state index >= 15 is 0 Å². The van der Waals surface area contributed by atoms with Crippen molar-refractivity contribution in [2.45, 2.75) is 38.5 Å². The molecule has 2 aromatic heterocycles. The number of hydrogen-bond acceptors (Lipinski definition) is 4. The van der Waals surface area contributed by atoms with Gasteiger partial charge in [0.05, 0.1) is 16.9 Å². The highest BCUT2D eigenvalue weighted by atomic mass is 35.5. The van der Waals surface area contributed by atoms with Crippen LogP contribution in [0.4, 0.5) is 0 Å². The number of hydrogen-bond donors (Lipinski definition) is 0. The molecule has 0 aliphatic heterocycles. The third kappa shape index (κ3) is 2.54. The average molecular weight is 285 g/mol. The van der Waals surface area contributed by atoms with Crippen molar-refractivity contribution in [3.05, 3.63) is 31.1 Å². The monoisotopic (exact) mass is 284 g/mol. The smallest absolute Gasteiger partial charge is 0.184 e. The SMILES string of the molecule is Clc1nc2c(s1)CCC2.c1nc2c(s1)CCC2. The van der Waals surface area contributed by atoms with Crippen LogP contribution in [0.1, 0.15) is 34.0 Å². The quantitative estimate of drug-likeness (QED) is 0.733. The van der Waals surface area contributed by atoms with Crippen LogP contribution in [0.15, 0.2) is 5.51 Å². The Labute approximate surface area is 114 Å². The molecule has 2 aromatic rings. The summed E-state index contributed by atoms with van der Waals surface area (Å²) in [5.74, 6) is 0. The maximum atomic E-state index is 5.69. The molecule has 0 aromatic carbocycles. The Morgan fingerprint density at radius 3 is 2.53 bits per heavy atom. The predicted octanol–water partition coefficient (Wildman–Crippen LogP) is 3.92. The Kier molecular flexibility index (Phi) is 3.45. The van der Waals surface area contributed by atoms with E-state index in [-0.39, 0.29) is 0 Å². The number of rotatable bonds is 0. The molecule has 0 saturated carbocycles. The van der Waals surface area contributed by atoms with E-state index in [0.29, 0.717) is 4.47 Å². The zero-order valence-corrected chi connectivity index (χ0v) is 11.8. The lowest BCUT2D eigenvalue weighted by Gasteiger charge is -1.78. The van der Waals surface area contributed by atoms with E-state index < -0.39 is 0 Å². The lowest BCUT2D eigenvalue weighted by atomic mass is 10.4. The summed E-state index contributed by atoms with van der Waals surface area (Å²) in [5.41, 5.74) is 4.55. The van der Waals surface area contributed by atoms with Gasteiger partial charge in [0.2, 0.25) is 0 Å². The van der Waals surface area contributed by atoms with Crippen molar-refractivity contribution in [3.63, 3.8) is 0 Å². The summed E-state index contributed by atoms with van der Waals surface area (Å²) in [6.07, 6.45) is 7.43. The van der Waals surface area contributed by atoms with Crippen LogP contribution in [0.25, 0.3) is 0 Å². The summed E-state index contributed by atoms with van der Waals surface area (Å²) in [7, 11) is 0. The number of fused-ring (bicyclic) bond motifs is 2. The van der Waals surface area contributed by atoms with Gasteiger partial charge in [0.15, 0.2) is 4.47 Å². The molecule has 2 aliphatic carbocycles. The molecule has 4 rings (SSSR count). The Bertz CT molecular complexity index is 478. The van der Waals surface area contributed by atoms with Crippen molar-refractivity contribution >= 4 is 34.3 Å². The van der Waals surface area contributed by atoms with E-state index in [4.69, 9.17) is 11.6 Å². The molecule has 0 unspecified atom stereocenters. The van der Waals surface area contributed by atoms with Gasteiger partial charge < -0.3 is 0 Å². The van der Waals surface area contributed by atoms with Crippen molar-refractivity contribution in [1.29, 1.82) is 0 Å². The van der Waals surface area contributed by atoms with E-state index in [1.807, 2.05) is 5.51 Å². The largest absolute Gasteiger partial charge is 0.249 e. The second-order valence-electron chi connectivity index (χ2n) is 4.27. The van der Waals surface area contributed by atoms with E-state index in [2.05, 4.69) is 9.97 Å². The fourth-order valence-electron chi connectivity index (χ4n) is 2.28. The van der Waals surface area contributed by atoms with Crippen LogP contribution in [0.2, 0.25) is 4.47 Å². The van der Waals surface area contributed by atoms with Crippen LogP contribution in [0.5, 0.6) is 0 Å². The molecule has 17 heavy (non-hydrogen) atoms. The number of thiazole rings is 2. The van der Waals surface area contributed by atoms with Gasteiger partial charge in [0.25, 0.3) is 0 Å². The maximum Gasteiger partial charge on any atom is 0.184 e. The molecule has 0 atom stereocenters. The van der Waals surface area contributed by atoms with Crippen LogP contribution in [0, 0.1) is 0 Å². The van der Waals surface area contributed by atoms with Crippen molar-refractivity contribution in [3.8, 4) is 0 Å². The van der Waals surface area contributed by atoms with Gasteiger partial charge in [-0.3, -0.25) is 0 Å². The van der Waals surface area contributed by atoms with Gasteiger partial charge >= 0.3 is 0 Å². The second kappa shape index (κ2) is 5.04. The van der Waals surface area contributed by atoms with Crippen LogP contribution in [0.3, 0.4) is 0 Å². The highest BCUT2D eigenvalue weighted by Gasteiger charge is 2.15. The summed E-state index contributed by atoms with van der Waals surface area (Å²) < 4.78 is 0.708. The molecular weight excluding hydrogens is 272 g/mol. The molecule has 2 aliphatic rings. The Morgan fingerprint density at radius 1 is 1.00 bits per heavy atom. The molecule has 0 N–H and O–H groups in total. The van der Waals surface area contributed by atoms with Crippen LogP contribution >= 0.6 is 34.3 Å². The first-order valence-corrected chi connectivity index (χ1v) is 7.95. The first kappa shape index (κ1) is 11.6. The molecular formula is C12H13ClN2S2. The highest BCUT2D eigenvalue weighted by Crippen LogP contribution is 2.29. The van der Waals surface area contributed by atoms with Gasteiger partial charge in [0.1, 0.15) is 0 Å². The summed E-state index contributed by atoms with van der Waals surface area (Å²) in [5, 5.41) is 0. The Balaban J connectivity index is 0.000000107. The molecule has 0 saturated heterocycles. The topological polar surface area (TPSA) is 25.8 Å². The van der Waals surface area contributed by atoms with Gasteiger partial charge in [-0.2, -0.15) is 0 Å². The summed E-state index contributed by atoms with van der Waals surface area (Å²) in [6.45, 7) is 0. The minimum atomic E-state index is 0.708. The molecule has 2 nitrogen and oxygen atoms in total. The lowest BCUT2D eigenvalue weighted by molar-refractivity contribution is 0.899. The third-order valence-corrected chi connectivity index (χ3v) is 5.31. The molecule has 90 valence electrons. The normalized spacial score (nSPS) is 16.3. The Morgan fingerprint density at radius 2 is 1.76 bits per heavy atom. The maximum absolute atomic E-state index is 5.69. The summed E-state index contributed by atoms with van der Waals surface area (Å²) in [6, 6.07) is 0. The molecule has 0 radical (unpaired) electrons.